The predicted octanol–water partition coefficient (Wildman–Crippen LogP) is 2.41. The Labute approximate surface area is 123 Å². The summed E-state index contributed by atoms with van der Waals surface area (Å²) in [4.78, 5) is 4.07. The second kappa shape index (κ2) is 5.91. The van der Waals surface area contributed by atoms with E-state index in [1.165, 1.54) is 18.3 Å². The number of benzene rings is 1. The number of rotatable bonds is 4. The van der Waals surface area contributed by atoms with E-state index < -0.39 is 15.9 Å². The highest BCUT2D eigenvalue weighted by Crippen LogP contribution is 2.24. The van der Waals surface area contributed by atoms with Crippen molar-refractivity contribution in [2.24, 2.45) is 0 Å². The molecule has 1 unspecified atom stereocenters. The van der Waals surface area contributed by atoms with E-state index in [0.717, 1.165) is 11.8 Å². The molecule has 0 aliphatic heterocycles. The Kier molecular flexibility index (Phi) is 4.42. The number of halogens is 1. The molecule has 0 fully saturated rings. The molecule has 0 amide bonds. The Morgan fingerprint density at radius 3 is 2.75 bits per heavy atom. The number of aliphatic hydroxyl groups excluding tert-OH is 1. The molecule has 0 saturated heterocycles. The van der Waals surface area contributed by atoms with Crippen LogP contribution in [0.15, 0.2) is 47.6 Å². The number of nitrogens with zero attached hydrogens (tertiary/aromatic N) is 1. The summed E-state index contributed by atoms with van der Waals surface area (Å²) in [7, 11) is -3.29. The smallest absolute Gasteiger partial charge is 0.175 e. The number of pyridine rings is 1. The largest absolute Gasteiger partial charge is 0.388 e. The molecular formula is C14H14ClNO3S. The maximum absolute atomic E-state index is 11.5. The van der Waals surface area contributed by atoms with E-state index in [1.807, 2.05) is 0 Å². The molecule has 2 aromatic rings. The van der Waals surface area contributed by atoms with Crippen molar-refractivity contribution >= 4 is 21.4 Å². The zero-order valence-corrected chi connectivity index (χ0v) is 12.4. The summed E-state index contributed by atoms with van der Waals surface area (Å²) in [5.74, 6) is 0. The fraction of sp³-hybridized carbons (Fsp3) is 0.214. The van der Waals surface area contributed by atoms with E-state index in [0.29, 0.717) is 17.0 Å². The van der Waals surface area contributed by atoms with Crippen LogP contribution in [-0.4, -0.2) is 24.8 Å². The molecule has 1 aromatic heterocycles. The fourth-order valence-electron chi connectivity index (χ4n) is 1.85. The van der Waals surface area contributed by atoms with Gasteiger partial charge in [0.25, 0.3) is 0 Å². The second-order valence-electron chi connectivity index (χ2n) is 4.53. The van der Waals surface area contributed by atoms with Crippen LogP contribution >= 0.6 is 11.6 Å². The molecule has 4 nitrogen and oxygen atoms in total. The van der Waals surface area contributed by atoms with Gasteiger partial charge in [0.15, 0.2) is 9.84 Å². The summed E-state index contributed by atoms with van der Waals surface area (Å²) in [5.41, 5.74) is 1.31. The normalized spacial score (nSPS) is 13.2. The standard InChI is InChI=1S/C14H14ClNO3S/c1-20(18,19)12-4-2-3-11(7-12)14(17)8-10-5-6-16-9-13(10)15/h2-7,9,14,17H,8H2,1H3. The van der Waals surface area contributed by atoms with E-state index in [4.69, 9.17) is 11.6 Å². The third-order valence-electron chi connectivity index (χ3n) is 2.94. The minimum atomic E-state index is -3.29. The third-order valence-corrected chi connectivity index (χ3v) is 4.39. The zero-order valence-electron chi connectivity index (χ0n) is 10.8. The van der Waals surface area contributed by atoms with Gasteiger partial charge in [-0.1, -0.05) is 23.7 Å². The zero-order chi connectivity index (χ0) is 14.8. The van der Waals surface area contributed by atoms with Crippen molar-refractivity contribution in [1.29, 1.82) is 0 Å². The molecule has 0 spiro atoms. The van der Waals surface area contributed by atoms with Crippen molar-refractivity contribution in [3.05, 3.63) is 58.9 Å². The molecule has 1 atom stereocenters. The highest BCUT2D eigenvalue weighted by molar-refractivity contribution is 7.90. The second-order valence-corrected chi connectivity index (χ2v) is 6.95. The molecule has 0 aliphatic rings. The van der Waals surface area contributed by atoms with Crippen molar-refractivity contribution in [2.45, 2.75) is 17.4 Å². The topological polar surface area (TPSA) is 67.3 Å². The summed E-state index contributed by atoms with van der Waals surface area (Å²) in [6.45, 7) is 0. The van der Waals surface area contributed by atoms with Gasteiger partial charge < -0.3 is 5.11 Å². The Hall–Kier alpha value is -1.43. The number of aromatic nitrogens is 1. The van der Waals surface area contributed by atoms with Gasteiger partial charge in [-0.3, -0.25) is 4.98 Å². The first-order valence-electron chi connectivity index (χ1n) is 5.94. The Morgan fingerprint density at radius 1 is 1.35 bits per heavy atom. The summed E-state index contributed by atoms with van der Waals surface area (Å²) < 4.78 is 23.0. The van der Waals surface area contributed by atoms with Crippen LogP contribution in [-0.2, 0) is 16.3 Å². The first kappa shape index (κ1) is 15.0. The molecule has 0 aliphatic carbocycles. The third kappa shape index (κ3) is 3.56. The first-order valence-corrected chi connectivity index (χ1v) is 8.21. The lowest BCUT2D eigenvalue weighted by Crippen LogP contribution is -2.05. The van der Waals surface area contributed by atoms with Crippen LogP contribution in [0.25, 0.3) is 0 Å². The lowest BCUT2D eigenvalue weighted by Gasteiger charge is -2.13. The molecule has 6 heteroatoms. The van der Waals surface area contributed by atoms with Crippen LogP contribution in [0.3, 0.4) is 0 Å². The maximum Gasteiger partial charge on any atom is 0.175 e. The van der Waals surface area contributed by atoms with Crippen molar-refractivity contribution in [3.8, 4) is 0 Å². The van der Waals surface area contributed by atoms with Crippen LogP contribution in [0.5, 0.6) is 0 Å². The van der Waals surface area contributed by atoms with Gasteiger partial charge in [0.1, 0.15) is 0 Å². The highest BCUT2D eigenvalue weighted by Gasteiger charge is 2.14. The van der Waals surface area contributed by atoms with E-state index in [2.05, 4.69) is 4.98 Å². The number of hydrogen-bond donors (Lipinski definition) is 1. The lowest BCUT2D eigenvalue weighted by molar-refractivity contribution is 0.178. The highest BCUT2D eigenvalue weighted by atomic mass is 35.5. The van der Waals surface area contributed by atoms with Crippen LogP contribution in [0, 0.1) is 0 Å². The van der Waals surface area contributed by atoms with Gasteiger partial charge in [0, 0.05) is 25.1 Å². The van der Waals surface area contributed by atoms with Gasteiger partial charge in [0.05, 0.1) is 16.0 Å². The molecule has 0 radical (unpaired) electrons. The summed E-state index contributed by atoms with van der Waals surface area (Å²) in [5, 5.41) is 10.7. The molecule has 1 heterocycles. The van der Waals surface area contributed by atoms with Gasteiger partial charge in [-0.25, -0.2) is 8.42 Å². The monoisotopic (exact) mass is 311 g/mol. The van der Waals surface area contributed by atoms with Gasteiger partial charge in [-0.2, -0.15) is 0 Å². The van der Waals surface area contributed by atoms with Crippen molar-refractivity contribution in [3.63, 3.8) is 0 Å². The van der Waals surface area contributed by atoms with E-state index in [9.17, 15) is 13.5 Å². The van der Waals surface area contributed by atoms with Crippen LogP contribution < -0.4 is 0 Å². The number of sulfone groups is 1. The lowest BCUT2D eigenvalue weighted by atomic mass is 10.0. The Morgan fingerprint density at radius 2 is 2.10 bits per heavy atom. The molecule has 2 rings (SSSR count). The Balaban J connectivity index is 2.26. The maximum atomic E-state index is 11.5. The first-order chi connectivity index (χ1) is 9.38. The van der Waals surface area contributed by atoms with E-state index >= 15 is 0 Å². The summed E-state index contributed by atoms with van der Waals surface area (Å²) in [6, 6.07) is 8.02. The van der Waals surface area contributed by atoms with Crippen molar-refractivity contribution < 1.29 is 13.5 Å². The van der Waals surface area contributed by atoms with E-state index in [1.54, 1.807) is 24.4 Å². The average molecular weight is 312 g/mol. The molecule has 106 valence electrons. The number of hydrogen-bond acceptors (Lipinski definition) is 4. The van der Waals surface area contributed by atoms with Crippen LogP contribution in [0.1, 0.15) is 17.2 Å². The molecule has 0 saturated carbocycles. The van der Waals surface area contributed by atoms with E-state index in [-0.39, 0.29) is 4.90 Å². The minimum Gasteiger partial charge on any atom is -0.388 e. The van der Waals surface area contributed by atoms with Crippen molar-refractivity contribution in [2.75, 3.05) is 6.26 Å². The quantitative estimate of drug-likeness (QED) is 0.941. The average Bonchev–Trinajstić information content (AvgIpc) is 2.40. The SMILES string of the molecule is CS(=O)(=O)c1cccc(C(O)Cc2ccncc2Cl)c1. The van der Waals surface area contributed by atoms with Gasteiger partial charge >= 0.3 is 0 Å². The Bertz CT molecular complexity index is 716. The molecule has 1 aromatic carbocycles. The van der Waals surface area contributed by atoms with Crippen LogP contribution in [0.4, 0.5) is 0 Å². The molecule has 0 bridgehead atoms. The molecular weight excluding hydrogens is 298 g/mol. The predicted molar refractivity (Wildman–Crippen MR) is 77.5 cm³/mol. The molecule has 1 N–H and O–H groups in total. The van der Waals surface area contributed by atoms with Gasteiger partial charge in [-0.15, -0.1) is 0 Å². The van der Waals surface area contributed by atoms with Crippen molar-refractivity contribution in [1.82, 2.24) is 4.98 Å². The fourth-order valence-corrected chi connectivity index (χ4v) is 2.72. The minimum absolute atomic E-state index is 0.190. The summed E-state index contributed by atoms with van der Waals surface area (Å²) >= 11 is 5.99. The van der Waals surface area contributed by atoms with Gasteiger partial charge in [0.2, 0.25) is 0 Å². The van der Waals surface area contributed by atoms with Crippen LogP contribution in [0.2, 0.25) is 5.02 Å². The van der Waals surface area contributed by atoms with Gasteiger partial charge in [-0.05, 0) is 29.3 Å². The molecule has 20 heavy (non-hydrogen) atoms. The number of aliphatic hydroxyl groups is 1. The summed E-state index contributed by atoms with van der Waals surface area (Å²) in [6.07, 6.45) is 3.72.